The van der Waals surface area contributed by atoms with Gasteiger partial charge in [0, 0.05) is 16.5 Å². The Morgan fingerprint density at radius 3 is 2.46 bits per heavy atom. The van der Waals surface area contributed by atoms with Crippen molar-refractivity contribution in [2.75, 3.05) is 19.8 Å². The maximum atomic E-state index is 13.7. The first-order valence-corrected chi connectivity index (χ1v) is 21.6. The van der Waals surface area contributed by atoms with Crippen molar-refractivity contribution in [3.63, 3.8) is 0 Å². The normalized spacial score (nSPS) is 39.7. The Labute approximate surface area is 335 Å². The molecule has 4 fully saturated rings. The number of carboxylic acid groups (broad SMARTS) is 1. The second kappa shape index (κ2) is 13.5. The first kappa shape index (κ1) is 39.7. The summed E-state index contributed by atoms with van der Waals surface area (Å²) in [6.45, 7) is 24.5. The van der Waals surface area contributed by atoms with Gasteiger partial charge < -0.3 is 20.3 Å². The van der Waals surface area contributed by atoms with Crippen molar-refractivity contribution < 1.29 is 19.4 Å². The van der Waals surface area contributed by atoms with E-state index in [1.807, 2.05) is 0 Å². The zero-order valence-corrected chi connectivity index (χ0v) is 35.8. The molecule has 0 amide bonds. The van der Waals surface area contributed by atoms with Crippen molar-refractivity contribution in [1.29, 1.82) is 0 Å². The molecule has 56 heavy (non-hydrogen) atoms. The third-order valence-electron chi connectivity index (χ3n) is 17.8. The number of ether oxygens (including phenoxy) is 2. The standard InChI is InChI=1S/C48H68N4O4/c1-29(2)31(5)44(7)22-23-45(8)35-18-19-38-43(6)24-37(52-41(50-28-51-52)34-17-13-15-32-14-11-12-16-33(32)34)40(56-26-47(10,49)30(3)4)48(38,27-55-25-43)36(35)20-21-46(45,9)39(44)42(53)54/h11-17,20,28-31,35,37-40H,18-19,21-27,49H2,1-10H3,(H,53,54)/t31-,35+,37-,38-,39-,40+,43-,44-,45-,46+,47+,48+/m1/s1. The number of rotatable bonds is 9. The Balaban J connectivity index is 1.31. The number of hydrogen-bond acceptors (Lipinski definition) is 6. The Morgan fingerprint density at radius 2 is 1.75 bits per heavy atom. The number of allylic oxidation sites excluding steroid dienone is 1. The van der Waals surface area contributed by atoms with Crippen molar-refractivity contribution in [3.05, 3.63) is 60.4 Å². The molecule has 8 heteroatoms. The third-order valence-corrected chi connectivity index (χ3v) is 17.8. The Morgan fingerprint density at radius 1 is 1.02 bits per heavy atom. The molecule has 304 valence electrons. The molecule has 3 saturated carbocycles. The van der Waals surface area contributed by atoms with E-state index in [0.717, 1.165) is 55.3 Å². The molecule has 2 bridgehead atoms. The molecule has 1 saturated heterocycles. The Bertz CT molecular complexity index is 2010. The monoisotopic (exact) mass is 765 g/mol. The summed E-state index contributed by atoms with van der Waals surface area (Å²) >= 11 is 0. The predicted molar refractivity (Wildman–Crippen MR) is 223 cm³/mol. The van der Waals surface area contributed by atoms with Gasteiger partial charge in [-0.2, -0.15) is 5.10 Å². The number of fused-ring (bicyclic) bond motifs is 4. The van der Waals surface area contributed by atoms with Gasteiger partial charge in [-0.3, -0.25) is 4.79 Å². The molecule has 0 unspecified atom stereocenters. The summed E-state index contributed by atoms with van der Waals surface area (Å²) in [5, 5.41) is 18.7. The number of benzene rings is 2. The van der Waals surface area contributed by atoms with Crippen LogP contribution in [0.3, 0.4) is 0 Å². The number of aromatic nitrogens is 3. The molecular weight excluding hydrogens is 697 g/mol. The smallest absolute Gasteiger partial charge is 0.307 e. The zero-order valence-electron chi connectivity index (χ0n) is 35.8. The second-order valence-electron chi connectivity index (χ2n) is 21.1. The summed E-state index contributed by atoms with van der Waals surface area (Å²) in [6, 6.07) is 14.8. The van der Waals surface area contributed by atoms with Gasteiger partial charge in [-0.1, -0.05) is 116 Å². The molecular formula is C48H68N4O4. The predicted octanol–water partition coefficient (Wildman–Crippen LogP) is 9.99. The average molecular weight is 765 g/mol. The lowest BCUT2D eigenvalue weighted by Crippen LogP contribution is -2.70. The summed E-state index contributed by atoms with van der Waals surface area (Å²) in [6.07, 6.45) is 9.61. The molecule has 3 N–H and O–H groups in total. The quantitative estimate of drug-likeness (QED) is 0.209. The lowest BCUT2D eigenvalue weighted by molar-refractivity contribution is -0.254. The summed E-state index contributed by atoms with van der Waals surface area (Å²) in [4.78, 5) is 18.7. The SMILES string of the molecule is CC(C)[C@@H](C)[C@@]1(C)CC[C@]2(C)[C@H]3CC[C@@H]4[C@@]5(C)COC[C@@]4(C3=CC[C@@]2(C)[C@@H]1C(=O)O)[C@@H](OC[C@](C)(N)C(C)C)[C@H](n1ncnc1-c1cccc2ccccc12)C5. The van der Waals surface area contributed by atoms with Crippen LogP contribution in [0.5, 0.6) is 0 Å². The largest absolute Gasteiger partial charge is 0.481 e. The third kappa shape index (κ3) is 5.50. The van der Waals surface area contributed by atoms with Crippen LogP contribution in [-0.4, -0.2) is 57.3 Å². The molecule has 5 aliphatic rings. The fraction of sp³-hybridized carbons (Fsp3) is 0.688. The lowest BCUT2D eigenvalue weighted by Gasteiger charge is -2.71. The summed E-state index contributed by atoms with van der Waals surface area (Å²) in [5.74, 6) is 1.26. The van der Waals surface area contributed by atoms with Crippen molar-refractivity contribution in [2.45, 2.75) is 125 Å². The molecule has 12 atom stereocenters. The van der Waals surface area contributed by atoms with Crippen LogP contribution in [0.25, 0.3) is 22.2 Å². The highest BCUT2D eigenvalue weighted by Gasteiger charge is 2.73. The highest BCUT2D eigenvalue weighted by molar-refractivity contribution is 5.95. The van der Waals surface area contributed by atoms with E-state index in [-0.39, 0.29) is 40.2 Å². The van der Waals surface area contributed by atoms with E-state index in [1.165, 1.54) is 11.0 Å². The molecule has 1 aliphatic heterocycles. The van der Waals surface area contributed by atoms with E-state index in [0.29, 0.717) is 37.6 Å². The van der Waals surface area contributed by atoms with Crippen molar-refractivity contribution in [2.24, 2.45) is 68.3 Å². The van der Waals surface area contributed by atoms with E-state index in [1.54, 1.807) is 6.33 Å². The Kier molecular flexibility index (Phi) is 9.57. The van der Waals surface area contributed by atoms with Gasteiger partial charge in [-0.05, 0) is 107 Å². The molecule has 3 aromatic rings. The highest BCUT2D eigenvalue weighted by atomic mass is 16.5. The molecule has 0 spiro atoms. The van der Waals surface area contributed by atoms with Crippen LogP contribution in [0.4, 0.5) is 0 Å². The van der Waals surface area contributed by atoms with Crippen LogP contribution in [0.2, 0.25) is 0 Å². The van der Waals surface area contributed by atoms with Gasteiger partial charge in [-0.25, -0.2) is 9.67 Å². The highest BCUT2D eigenvalue weighted by Crippen LogP contribution is 2.75. The zero-order chi connectivity index (χ0) is 40.2. The van der Waals surface area contributed by atoms with Gasteiger partial charge in [0.25, 0.3) is 0 Å². The van der Waals surface area contributed by atoms with Gasteiger partial charge >= 0.3 is 5.97 Å². The summed E-state index contributed by atoms with van der Waals surface area (Å²) in [7, 11) is 0. The molecule has 0 radical (unpaired) electrons. The van der Waals surface area contributed by atoms with E-state index in [9.17, 15) is 9.90 Å². The van der Waals surface area contributed by atoms with Gasteiger partial charge in [0.05, 0.1) is 37.9 Å². The van der Waals surface area contributed by atoms with Crippen molar-refractivity contribution >= 4 is 16.7 Å². The minimum Gasteiger partial charge on any atom is -0.481 e. The van der Waals surface area contributed by atoms with E-state index < -0.39 is 28.3 Å². The fourth-order valence-corrected chi connectivity index (χ4v) is 13.6. The van der Waals surface area contributed by atoms with Crippen molar-refractivity contribution in [3.8, 4) is 11.4 Å². The van der Waals surface area contributed by atoms with E-state index in [2.05, 4.69) is 122 Å². The molecule has 4 aliphatic carbocycles. The summed E-state index contributed by atoms with van der Waals surface area (Å²) in [5.41, 5.74) is 7.58. The molecule has 8 nitrogen and oxygen atoms in total. The van der Waals surface area contributed by atoms with Gasteiger partial charge in [0.2, 0.25) is 0 Å². The van der Waals surface area contributed by atoms with Crippen LogP contribution in [0.15, 0.2) is 60.4 Å². The first-order chi connectivity index (χ1) is 26.4. The Hall–Kier alpha value is -3.07. The van der Waals surface area contributed by atoms with Crippen molar-refractivity contribution in [1.82, 2.24) is 14.8 Å². The lowest BCUT2D eigenvalue weighted by atomic mass is 9.34. The number of hydrogen-bond donors (Lipinski definition) is 2. The molecule has 2 heterocycles. The minimum atomic E-state index is -0.632. The second-order valence-corrected chi connectivity index (χ2v) is 21.1. The number of carbonyl (C=O) groups is 1. The topological polar surface area (TPSA) is 112 Å². The van der Waals surface area contributed by atoms with E-state index >= 15 is 0 Å². The molecule has 2 aromatic carbocycles. The van der Waals surface area contributed by atoms with Gasteiger partial charge in [-0.15, -0.1) is 0 Å². The van der Waals surface area contributed by atoms with Crippen LogP contribution in [0.1, 0.15) is 114 Å². The maximum Gasteiger partial charge on any atom is 0.307 e. The van der Waals surface area contributed by atoms with Crippen LogP contribution < -0.4 is 5.73 Å². The van der Waals surface area contributed by atoms with E-state index in [4.69, 9.17) is 25.3 Å². The number of aliphatic carboxylic acids is 1. The summed E-state index contributed by atoms with van der Waals surface area (Å²) < 4.78 is 16.5. The average Bonchev–Trinajstić information content (AvgIpc) is 3.63. The number of carboxylic acids is 1. The molecule has 8 rings (SSSR count). The van der Waals surface area contributed by atoms with Crippen LogP contribution >= 0.6 is 0 Å². The molecule has 1 aromatic heterocycles. The van der Waals surface area contributed by atoms with Gasteiger partial charge in [0.15, 0.2) is 5.82 Å². The number of nitrogens with two attached hydrogens (primary N) is 1. The maximum absolute atomic E-state index is 13.7. The number of nitrogens with zero attached hydrogens (tertiary/aromatic N) is 3. The first-order valence-electron chi connectivity index (χ1n) is 21.6. The fourth-order valence-electron chi connectivity index (χ4n) is 13.6. The van der Waals surface area contributed by atoms with Crippen LogP contribution in [0, 0.1) is 62.6 Å². The van der Waals surface area contributed by atoms with Crippen LogP contribution in [-0.2, 0) is 14.3 Å². The minimum absolute atomic E-state index is 0.117. The van der Waals surface area contributed by atoms with Gasteiger partial charge in [0.1, 0.15) is 6.33 Å².